The van der Waals surface area contributed by atoms with E-state index in [0.29, 0.717) is 23.5 Å². The van der Waals surface area contributed by atoms with Gasteiger partial charge >= 0.3 is 0 Å². The Kier molecular flexibility index (Phi) is 20.5. The molecule has 2 radical (unpaired) electrons. The van der Waals surface area contributed by atoms with E-state index in [0.717, 1.165) is 38.0 Å². The number of hydrogen-bond donors (Lipinski definition) is 0. The number of hydrogen-bond acceptors (Lipinski definition) is 3. The average Bonchev–Trinajstić information content (AvgIpc) is 3.81. The summed E-state index contributed by atoms with van der Waals surface area (Å²) in [7, 11) is 0. The van der Waals surface area contributed by atoms with Crippen LogP contribution in [-0.2, 0) is 102 Å². The van der Waals surface area contributed by atoms with Crippen molar-refractivity contribution in [3.8, 4) is 0 Å². The monoisotopic (exact) mass is 905 g/mol. The molecule has 3 aromatic carbocycles. The normalized spacial score (nSPS) is 22.3. The molecule has 4 aromatic rings. The van der Waals surface area contributed by atoms with Gasteiger partial charge in [-0.25, -0.2) is 0 Å². The van der Waals surface area contributed by atoms with Crippen LogP contribution >= 0.6 is 34.5 Å². The van der Waals surface area contributed by atoms with Gasteiger partial charge in [-0.3, -0.25) is 4.79 Å². The molecule has 1 heterocycles. The van der Waals surface area contributed by atoms with Gasteiger partial charge in [0.15, 0.2) is 0 Å². The van der Waals surface area contributed by atoms with Crippen molar-refractivity contribution in [2.24, 2.45) is 23.7 Å². The second kappa shape index (κ2) is 23.1. The molecule has 2 aliphatic carbocycles. The summed E-state index contributed by atoms with van der Waals surface area (Å²) in [6.07, 6.45) is 14.3. The van der Waals surface area contributed by atoms with E-state index in [1.165, 1.54) is 88.0 Å². The van der Waals surface area contributed by atoms with Crippen molar-refractivity contribution in [3.05, 3.63) is 129 Å². The van der Waals surface area contributed by atoms with Crippen LogP contribution < -0.4 is 0 Å². The van der Waals surface area contributed by atoms with Crippen LogP contribution in [0.1, 0.15) is 94.5 Å². The Morgan fingerprint density at radius 2 is 1.52 bits per heavy atom. The Morgan fingerprint density at radius 1 is 0.788 bits per heavy atom. The molecule has 6 rings (SSSR count). The molecule has 0 amide bonds. The first-order chi connectivity index (χ1) is 24.1. The van der Waals surface area contributed by atoms with Crippen LogP contribution in [0.15, 0.2) is 66.9 Å². The Morgan fingerprint density at radius 3 is 2.25 bits per heavy atom. The molecule has 0 spiro atoms. The van der Waals surface area contributed by atoms with Gasteiger partial charge in [-0.2, -0.15) is 11.8 Å². The molecular weight excluding hydrogens is 851 g/mol. The number of thiazole rings is 1. The van der Waals surface area contributed by atoms with E-state index in [-0.39, 0.29) is 82.6 Å². The van der Waals surface area contributed by atoms with Gasteiger partial charge in [0.1, 0.15) is 5.78 Å². The molecule has 7 heteroatoms. The molecule has 2 unspecified atom stereocenters. The van der Waals surface area contributed by atoms with Crippen LogP contribution in [0.5, 0.6) is 0 Å². The minimum atomic E-state index is -0.0463. The number of benzene rings is 3. The molecule has 2 fully saturated rings. The van der Waals surface area contributed by atoms with Crippen LogP contribution in [-0.4, -0.2) is 21.5 Å². The quantitative estimate of drug-likeness (QED) is 0.0988. The summed E-state index contributed by atoms with van der Waals surface area (Å²) in [6.45, 7) is 12.7. The van der Waals surface area contributed by atoms with Crippen molar-refractivity contribution in [2.75, 3.05) is 0 Å². The standard InChI is InChI=1S/C24H28ClO.C21H27ClNS.2Y/c1-4-18-6-5-7-19(13-18)14-22-21(24(26)15-23(22)25)11-10-20-9-8-16(2)12-17(20)3;1-15-6-7-16(2)18(14-15)8-10-19-17(9-11-20(19)22)4-3-5-21-23-12-13-24-21;;/h5-9,12-13,21-23H,1,4,10-11,14-15H2,2-3H3;6-7,12,14,17,19-20H,3-5,8-11H2,1-2H3;;/q2*-1;;/t21-,22-,23?;17-,19+,20?;;/m10../s1. The van der Waals surface area contributed by atoms with Crippen molar-refractivity contribution < 1.29 is 70.2 Å². The van der Waals surface area contributed by atoms with Crippen molar-refractivity contribution >= 4 is 40.3 Å². The molecule has 0 bridgehead atoms. The largest absolute Gasteiger partial charge is 0.364 e. The number of ketones is 1. The van der Waals surface area contributed by atoms with Crippen LogP contribution in [0.4, 0.5) is 0 Å². The van der Waals surface area contributed by atoms with Crippen molar-refractivity contribution in [2.45, 2.75) is 115 Å². The second-order valence-electron chi connectivity index (χ2n) is 14.9. The zero-order valence-corrected chi connectivity index (χ0v) is 39.7. The number of rotatable bonds is 13. The maximum Gasteiger partial charge on any atom is 0.137 e. The van der Waals surface area contributed by atoms with Crippen molar-refractivity contribution in [3.63, 3.8) is 0 Å². The molecule has 0 N–H and O–H groups in total. The summed E-state index contributed by atoms with van der Waals surface area (Å²) in [5, 5.41) is 4.63. The number of aryl methyl sites for hydroxylation is 7. The first-order valence-corrected chi connectivity index (χ1v) is 20.4. The third kappa shape index (κ3) is 13.5. The van der Waals surface area contributed by atoms with E-state index in [9.17, 15) is 4.79 Å². The van der Waals surface area contributed by atoms with Gasteiger partial charge in [0, 0.05) is 88.5 Å². The topological polar surface area (TPSA) is 30.0 Å². The smallest absolute Gasteiger partial charge is 0.137 e. The average molecular weight is 907 g/mol. The molecule has 6 atom stereocenters. The molecule has 52 heavy (non-hydrogen) atoms. The summed E-state index contributed by atoms with van der Waals surface area (Å²) in [6, 6.07) is 21.9. The molecule has 2 nitrogen and oxygen atoms in total. The molecule has 2 aliphatic rings. The Bertz CT molecular complexity index is 1680. The fourth-order valence-corrected chi connectivity index (χ4v) is 9.83. The summed E-state index contributed by atoms with van der Waals surface area (Å²) in [5.74, 6) is 2.11. The van der Waals surface area contributed by atoms with Gasteiger partial charge in [-0.05, 0) is 118 Å². The fraction of sp³-hybridized carbons (Fsp3) is 0.489. The number of alkyl halides is 2. The molecule has 274 valence electrons. The number of nitrogens with zero attached hydrogens (tertiary/aromatic N) is 1. The maximum atomic E-state index is 12.6. The van der Waals surface area contributed by atoms with E-state index < -0.39 is 0 Å². The third-order valence-electron chi connectivity index (χ3n) is 11.3. The number of Topliss-reactive ketones (excluding diaryl/α,β-unsaturated/α-hetero) is 1. The zero-order valence-electron chi connectivity index (χ0n) is 31.7. The van der Waals surface area contributed by atoms with Gasteiger partial charge in [0.2, 0.25) is 0 Å². The summed E-state index contributed by atoms with van der Waals surface area (Å²) in [5.41, 5.74) is 10.7. The Labute approximate surface area is 379 Å². The maximum absolute atomic E-state index is 12.6. The molecule has 0 saturated heterocycles. The molecular formula is C45H55Cl2NOSY2-2. The predicted octanol–water partition coefficient (Wildman–Crippen LogP) is 11.8. The van der Waals surface area contributed by atoms with Crippen LogP contribution in [0.2, 0.25) is 0 Å². The van der Waals surface area contributed by atoms with E-state index >= 15 is 0 Å². The van der Waals surface area contributed by atoms with E-state index in [1.54, 1.807) is 17.5 Å². The molecule has 1 aromatic heterocycles. The minimum Gasteiger partial charge on any atom is -0.364 e. The van der Waals surface area contributed by atoms with E-state index in [1.807, 2.05) is 0 Å². The number of aromatic nitrogens is 1. The first kappa shape index (κ1) is 46.1. The predicted molar refractivity (Wildman–Crippen MR) is 214 cm³/mol. The van der Waals surface area contributed by atoms with Crippen LogP contribution in [0, 0.1) is 63.7 Å². The number of halogens is 2. The summed E-state index contributed by atoms with van der Waals surface area (Å²) >= 11 is 14.9. The third-order valence-corrected chi connectivity index (χ3v) is 13.1. The zero-order chi connectivity index (χ0) is 35.6. The summed E-state index contributed by atoms with van der Waals surface area (Å²) < 4.78 is 0. The molecule has 2 saturated carbocycles. The van der Waals surface area contributed by atoms with Crippen molar-refractivity contribution in [1.29, 1.82) is 0 Å². The van der Waals surface area contributed by atoms with Crippen LogP contribution in [0.3, 0.4) is 0 Å². The summed E-state index contributed by atoms with van der Waals surface area (Å²) in [4.78, 5) is 16.9. The van der Waals surface area contributed by atoms with E-state index in [4.69, 9.17) is 23.2 Å². The Balaban J connectivity index is 0.000000271. The van der Waals surface area contributed by atoms with Crippen molar-refractivity contribution in [1.82, 2.24) is 4.98 Å². The number of carbonyl (C=O) groups is 1. The fourth-order valence-electron chi connectivity index (χ4n) is 8.37. The van der Waals surface area contributed by atoms with Gasteiger partial charge in [0.25, 0.3) is 0 Å². The number of carbonyl (C=O) groups excluding carboxylic acids is 1. The second-order valence-corrected chi connectivity index (χ2v) is 17.0. The van der Waals surface area contributed by atoms with Crippen LogP contribution in [0.25, 0.3) is 0 Å². The Hall–Kier alpha value is -0.252. The van der Waals surface area contributed by atoms with Gasteiger partial charge in [-0.15, -0.1) is 23.2 Å². The molecule has 0 aliphatic heterocycles. The van der Waals surface area contributed by atoms with Gasteiger partial charge in [-0.1, -0.05) is 108 Å². The SMILES string of the molecule is Cc1ccc(C)c(CC[C@H]2C(Cl)CC[C@@H]2CCCc2nc[c-]s2)c1.[CH2-]Cc1cccc(C[C@H]2C(Cl)CC(=O)[C@@H]2CCc2ccc(C)cc2C)c1.[Y].[Y]. The minimum absolute atomic E-state index is 0. The van der Waals surface area contributed by atoms with Gasteiger partial charge in [0.05, 0.1) is 0 Å². The van der Waals surface area contributed by atoms with Gasteiger partial charge < -0.3 is 23.2 Å². The first-order valence-electron chi connectivity index (χ1n) is 18.7. The van der Waals surface area contributed by atoms with E-state index in [2.05, 4.69) is 106 Å².